The van der Waals surface area contributed by atoms with E-state index in [1.165, 1.54) is 6.92 Å². The molecule has 0 radical (unpaired) electrons. The molecule has 3 aromatic rings. The summed E-state index contributed by atoms with van der Waals surface area (Å²) in [6.45, 7) is 4.43. The lowest BCUT2D eigenvalue weighted by molar-refractivity contribution is -0.149. The highest BCUT2D eigenvalue weighted by Crippen LogP contribution is 2.13. The fraction of sp³-hybridized carbons (Fsp3) is 0.200. The molecular weight excluding hydrogens is 378 g/mol. The van der Waals surface area contributed by atoms with Gasteiger partial charge in [0.25, 0.3) is 0 Å². The molecule has 0 spiro atoms. The van der Waals surface area contributed by atoms with Gasteiger partial charge in [-0.2, -0.15) is 0 Å². The third-order valence-corrected chi connectivity index (χ3v) is 4.78. The number of hydrogen-bond acceptors (Lipinski definition) is 3. The van der Waals surface area contributed by atoms with Gasteiger partial charge < -0.3 is 14.4 Å². The summed E-state index contributed by atoms with van der Waals surface area (Å²) in [4.78, 5) is 23.3. The van der Waals surface area contributed by atoms with E-state index in [0.29, 0.717) is 17.7 Å². The van der Waals surface area contributed by atoms with E-state index in [4.69, 9.17) is 9.84 Å². The predicted octanol–water partition coefficient (Wildman–Crippen LogP) is 4.73. The molecule has 5 nitrogen and oxygen atoms in total. The Morgan fingerprint density at radius 3 is 2.40 bits per heavy atom. The first-order valence-corrected chi connectivity index (χ1v) is 9.79. The van der Waals surface area contributed by atoms with Crippen LogP contribution in [0.15, 0.2) is 73.1 Å². The number of ketones is 1. The van der Waals surface area contributed by atoms with Gasteiger partial charge >= 0.3 is 5.97 Å². The quantitative estimate of drug-likeness (QED) is 0.525. The summed E-state index contributed by atoms with van der Waals surface area (Å²) in [6, 6.07) is 17.2. The lowest BCUT2D eigenvalue weighted by Crippen LogP contribution is -2.19. The molecule has 1 aromatic heterocycles. The molecule has 0 aliphatic carbocycles. The summed E-state index contributed by atoms with van der Waals surface area (Å²) in [5.41, 5.74) is 4.45. The largest absolute Gasteiger partial charge is 0.479 e. The van der Waals surface area contributed by atoms with Crippen LogP contribution in [0.2, 0.25) is 0 Å². The minimum absolute atomic E-state index is 0.0211. The molecule has 1 atom stereocenters. The Balaban J connectivity index is 1.54. The monoisotopic (exact) mass is 403 g/mol. The third kappa shape index (κ3) is 5.78. The van der Waals surface area contributed by atoms with Crippen molar-refractivity contribution in [3.8, 4) is 0 Å². The summed E-state index contributed by atoms with van der Waals surface area (Å²) >= 11 is 0. The van der Waals surface area contributed by atoms with Gasteiger partial charge in [-0.1, -0.05) is 66.2 Å². The molecule has 0 saturated heterocycles. The Labute approximate surface area is 176 Å². The molecule has 154 valence electrons. The van der Waals surface area contributed by atoms with Crippen molar-refractivity contribution in [1.82, 2.24) is 4.57 Å². The van der Waals surface area contributed by atoms with Crippen LogP contribution in [0.4, 0.5) is 0 Å². The maximum atomic E-state index is 12.6. The minimum atomic E-state index is -0.969. The Morgan fingerprint density at radius 1 is 1.03 bits per heavy atom. The molecule has 0 unspecified atom stereocenters. The molecule has 1 N–H and O–H groups in total. The van der Waals surface area contributed by atoms with Crippen molar-refractivity contribution < 1.29 is 19.4 Å². The van der Waals surface area contributed by atoms with Gasteiger partial charge in [-0.25, -0.2) is 4.79 Å². The highest BCUT2D eigenvalue weighted by Gasteiger charge is 2.11. The van der Waals surface area contributed by atoms with Crippen molar-refractivity contribution in [2.24, 2.45) is 0 Å². The van der Waals surface area contributed by atoms with Crippen molar-refractivity contribution in [2.75, 3.05) is 0 Å². The lowest BCUT2D eigenvalue weighted by atomic mass is 10.0. The Bertz CT molecular complexity index is 1030. The summed E-state index contributed by atoms with van der Waals surface area (Å²) in [6.07, 6.45) is 6.96. The van der Waals surface area contributed by atoms with E-state index in [2.05, 4.69) is 0 Å². The number of nitrogens with zero attached hydrogens (tertiary/aromatic N) is 1. The second-order valence-electron chi connectivity index (χ2n) is 7.23. The van der Waals surface area contributed by atoms with Crippen LogP contribution in [-0.2, 0) is 22.7 Å². The fourth-order valence-corrected chi connectivity index (χ4v) is 2.89. The number of aromatic nitrogens is 1. The van der Waals surface area contributed by atoms with Gasteiger partial charge in [0, 0.05) is 30.1 Å². The van der Waals surface area contributed by atoms with Crippen molar-refractivity contribution in [3.05, 3.63) is 101 Å². The van der Waals surface area contributed by atoms with Crippen LogP contribution >= 0.6 is 0 Å². The van der Waals surface area contributed by atoms with E-state index >= 15 is 0 Å². The van der Waals surface area contributed by atoms with E-state index in [0.717, 1.165) is 16.7 Å². The average Bonchev–Trinajstić information content (AvgIpc) is 3.22. The molecular formula is C25H25NO4. The summed E-state index contributed by atoms with van der Waals surface area (Å²) in [7, 11) is 0. The van der Waals surface area contributed by atoms with Crippen molar-refractivity contribution in [1.29, 1.82) is 0 Å². The number of carbonyl (C=O) groups is 2. The Hall–Kier alpha value is -3.44. The molecule has 1 heterocycles. The molecule has 2 aromatic carbocycles. The number of allylic oxidation sites excluding steroid dienone is 1. The van der Waals surface area contributed by atoms with E-state index in [1.807, 2.05) is 90.6 Å². The summed E-state index contributed by atoms with van der Waals surface area (Å²) < 4.78 is 7.24. The van der Waals surface area contributed by atoms with Gasteiger partial charge in [0.15, 0.2) is 11.9 Å². The van der Waals surface area contributed by atoms with Gasteiger partial charge in [-0.05, 0) is 31.0 Å². The van der Waals surface area contributed by atoms with E-state index in [9.17, 15) is 9.59 Å². The van der Waals surface area contributed by atoms with Crippen molar-refractivity contribution in [3.63, 3.8) is 0 Å². The zero-order chi connectivity index (χ0) is 21.5. The maximum absolute atomic E-state index is 12.6. The number of carbonyl (C=O) groups excluding carboxylic acids is 1. The molecule has 0 aliphatic heterocycles. The number of rotatable bonds is 9. The zero-order valence-corrected chi connectivity index (χ0v) is 17.1. The first-order chi connectivity index (χ1) is 14.4. The smallest absolute Gasteiger partial charge is 0.332 e. The highest BCUT2D eigenvalue weighted by atomic mass is 16.5. The minimum Gasteiger partial charge on any atom is -0.479 e. The molecule has 0 aliphatic rings. The SMILES string of the molecule is Cc1ccc(C(=O)c2ccn(C/C=C/c3ccc(CO[C@H](C)C(=O)O)cc3)c2)cc1. The van der Waals surface area contributed by atoms with Gasteiger partial charge in [-0.15, -0.1) is 0 Å². The van der Waals surface area contributed by atoms with Crippen LogP contribution in [0.5, 0.6) is 0 Å². The second-order valence-corrected chi connectivity index (χ2v) is 7.23. The van der Waals surface area contributed by atoms with Gasteiger partial charge in [-0.3, -0.25) is 4.79 Å². The van der Waals surface area contributed by atoms with E-state index < -0.39 is 12.1 Å². The van der Waals surface area contributed by atoms with Gasteiger partial charge in [0.05, 0.1) is 6.61 Å². The highest BCUT2D eigenvalue weighted by molar-refractivity contribution is 6.08. The second kappa shape index (κ2) is 9.85. The third-order valence-electron chi connectivity index (χ3n) is 4.78. The molecule has 0 saturated carbocycles. The first-order valence-electron chi connectivity index (χ1n) is 9.79. The number of benzene rings is 2. The summed E-state index contributed by atoms with van der Waals surface area (Å²) in [5.74, 6) is -0.948. The molecule has 3 rings (SSSR count). The first kappa shape index (κ1) is 21.3. The molecule has 0 bridgehead atoms. The van der Waals surface area contributed by atoms with Crippen molar-refractivity contribution in [2.45, 2.75) is 33.1 Å². The number of carboxylic acid groups (broad SMARTS) is 1. The standard InChI is InChI=1S/C25H25NO4/c1-18-5-11-22(12-6-18)24(27)23-13-15-26(16-23)14-3-4-20-7-9-21(10-8-20)17-30-19(2)25(28)29/h3-13,15-16,19H,14,17H2,1-2H3,(H,28,29)/b4-3+/t19-/m1/s1. The number of aliphatic carboxylic acids is 1. The van der Waals surface area contributed by atoms with Crippen LogP contribution in [0.25, 0.3) is 6.08 Å². The van der Waals surface area contributed by atoms with Crippen LogP contribution in [-0.4, -0.2) is 27.5 Å². The van der Waals surface area contributed by atoms with Gasteiger partial charge in [0.1, 0.15) is 0 Å². The van der Waals surface area contributed by atoms with Crippen LogP contribution < -0.4 is 0 Å². The number of ether oxygens (including phenoxy) is 1. The maximum Gasteiger partial charge on any atom is 0.332 e. The lowest BCUT2D eigenvalue weighted by Gasteiger charge is -2.08. The van der Waals surface area contributed by atoms with Gasteiger partial charge in [0.2, 0.25) is 0 Å². The average molecular weight is 403 g/mol. The Morgan fingerprint density at radius 2 is 1.73 bits per heavy atom. The molecule has 5 heteroatoms. The normalized spacial score (nSPS) is 12.2. The molecule has 30 heavy (non-hydrogen) atoms. The number of aryl methyl sites for hydroxylation is 1. The zero-order valence-electron chi connectivity index (χ0n) is 17.1. The van der Waals surface area contributed by atoms with Crippen LogP contribution in [0.3, 0.4) is 0 Å². The number of hydrogen-bond donors (Lipinski definition) is 1. The molecule has 0 amide bonds. The van der Waals surface area contributed by atoms with E-state index in [-0.39, 0.29) is 12.4 Å². The summed E-state index contributed by atoms with van der Waals surface area (Å²) in [5, 5.41) is 8.84. The van der Waals surface area contributed by atoms with Crippen molar-refractivity contribution >= 4 is 17.8 Å². The predicted molar refractivity (Wildman–Crippen MR) is 116 cm³/mol. The number of carboxylic acids is 1. The van der Waals surface area contributed by atoms with E-state index in [1.54, 1.807) is 0 Å². The van der Waals surface area contributed by atoms with Crippen LogP contribution in [0, 0.1) is 6.92 Å². The Kier molecular flexibility index (Phi) is 6.99. The fourth-order valence-electron chi connectivity index (χ4n) is 2.89. The topological polar surface area (TPSA) is 68.5 Å². The molecule has 0 fully saturated rings. The van der Waals surface area contributed by atoms with Crippen LogP contribution in [0.1, 0.15) is 39.5 Å².